The summed E-state index contributed by atoms with van der Waals surface area (Å²) in [4.78, 5) is 13.3. The third-order valence-corrected chi connectivity index (χ3v) is 6.77. The number of anilines is 1. The third kappa shape index (κ3) is 3.70. The Labute approximate surface area is 161 Å². The highest BCUT2D eigenvalue weighted by atomic mass is 32.2. The van der Waals surface area contributed by atoms with Gasteiger partial charge in [-0.1, -0.05) is 41.6 Å². The molecule has 1 N–H and O–H groups in total. The van der Waals surface area contributed by atoms with Crippen LogP contribution in [0.25, 0.3) is 10.3 Å². The molecule has 0 aliphatic carbocycles. The molecule has 2 aromatic heterocycles. The van der Waals surface area contributed by atoms with Crippen LogP contribution in [-0.4, -0.2) is 34.4 Å². The van der Waals surface area contributed by atoms with Crippen LogP contribution in [0.5, 0.6) is 0 Å². The zero-order chi connectivity index (χ0) is 17.9. The van der Waals surface area contributed by atoms with Crippen molar-refractivity contribution < 1.29 is 4.74 Å². The van der Waals surface area contributed by atoms with Crippen molar-refractivity contribution in [2.24, 2.45) is 5.92 Å². The van der Waals surface area contributed by atoms with E-state index in [9.17, 15) is 0 Å². The number of aromatic nitrogens is 3. The zero-order valence-electron chi connectivity index (χ0n) is 14.9. The predicted octanol–water partition coefficient (Wildman–Crippen LogP) is 4.70. The third-order valence-electron chi connectivity index (χ3n) is 4.73. The summed E-state index contributed by atoms with van der Waals surface area (Å²) in [5, 5.41) is 3.54. The number of nitrogens with one attached hydrogen (secondary N) is 1. The minimum Gasteiger partial charge on any atom is -0.373 e. The molecule has 3 heterocycles. The van der Waals surface area contributed by atoms with Crippen molar-refractivity contribution in [3.63, 3.8) is 0 Å². The van der Waals surface area contributed by atoms with Crippen LogP contribution in [0, 0.1) is 12.8 Å². The molecule has 0 radical (unpaired) electrons. The average molecular weight is 387 g/mol. The summed E-state index contributed by atoms with van der Waals surface area (Å²) in [5.41, 5.74) is 3.31. The van der Waals surface area contributed by atoms with Crippen LogP contribution in [0.1, 0.15) is 30.1 Å². The van der Waals surface area contributed by atoms with Crippen LogP contribution in [0.4, 0.5) is 5.82 Å². The van der Waals surface area contributed by atoms with E-state index < -0.39 is 0 Å². The molecular formula is C19H22N4OS2. The molecule has 2 unspecified atom stereocenters. The van der Waals surface area contributed by atoms with Crippen LogP contribution >= 0.6 is 23.1 Å². The number of ether oxygens (including phenoxy) is 1. The molecule has 136 valence electrons. The first-order chi connectivity index (χ1) is 12.7. The number of thiazole rings is 1. The smallest absolute Gasteiger partial charge is 0.176 e. The average Bonchev–Trinajstić information content (AvgIpc) is 3.11. The zero-order valence-corrected chi connectivity index (χ0v) is 16.6. The van der Waals surface area contributed by atoms with Gasteiger partial charge in [0.2, 0.25) is 0 Å². The summed E-state index contributed by atoms with van der Waals surface area (Å²) in [6.45, 7) is 3.78. The standard InChI is InChI=1S/C19H22N4OS2/c1-12-5-7-13(8-6-12)15-14(4-3-9-24-15)10-20-17-16-18(22-11-21-17)23-19(25-2)26-16/h5-8,11,14-15H,3-4,9-10H2,1-2H3,(H,20,21,22). The van der Waals surface area contributed by atoms with E-state index in [2.05, 4.69) is 51.5 Å². The van der Waals surface area contributed by atoms with Gasteiger partial charge in [-0.3, -0.25) is 0 Å². The molecule has 4 rings (SSSR count). The molecule has 1 aromatic carbocycles. The van der Waals surface area contributed by atoms with Gasteiger partial charge in [0.1, 0.15) is 16.8 Å². The first-order valence-corrected chi connectivity index (χ1v) is 10.9. The molecule has 1 fully saturated rings. The Morgan fingerprint density at radius 1 is 1.27 bits per heavy atom. The second-order valence-corrected chi connectivity index (χ2v) is 8.60. The van der Waals surface area contributed by atoms with Gasteiger partial charge in [-0.2, -0.15) is 0 Å². The van der Waals surface area contributed by atoms with Crippen molar-refractivity contribution in [2.45, 2.75) is 30.2 Å². The first-order valence-electron chi connectivity index (χ1n) is 8.82. The van der Waals surface area contributed by atoms with Gasteiger partial charge in [0, 0.05) is 19.1 Å². The predicted molar refractivity (Wildman–Crippen MR) is 108 cm³/mol. The van der Waals surface area contributed by atoms with Crippen LogP contribution in [0.15, 0.2) is 34.9 Å². The fourth-order valence-electron chi connectivity index (χ4n) is 3.35. The minimum absolute atomic E-state index is 0.136. The summed E-state index contributed by atoms with van der Waals surface area (Å²) >= 11 is 3.28. The normalized spacial score (nSPS) is 20.4. The summed E-state index contributed by atoms with van der Waals surface area (Å²) in [7, 11) is 0. The van der Waals surface area contributed by atoms with Gasteiger partial charge in [-0.05, 0) is 31.6 Å². The van der Waals surface area contributed by atoms with Crippen LogP contribution < -0.4 is 5.32 Å². The Morgan fingerprint density at radius 3 is 2.92 bits per heavy atom. The molecule has 0 saturated carbocycles. The van der Waals surface area contributed by atoms with E-state index in [0.717, 1.165) is 46.5 Å². The molecule has 0 bridgehead atoms. The lowest BCUT2D eigenvalue weighted by atomic mass is 9.89. The molecule has 5 nitrogen and oxygen atoms in total. The van der Waals surface area contributed by atoms with E-state index in [1.807, 2.05) is 6.26 Å². The second kappa shape index (κ2) is 7.90. The molecule has 26 heavy (non-hydrogen) atoms. The van der Waals surface area contributed by atoms with E-state index in [-0.39, 0.29) is 6.10 Å². The maximum atomic E-state index is 6.13. The SMILES string of the molecule is CSc1nc2ncnc(NCC3CCCOC3c3ccc(C)cc3)c2s1. The van der Waals surface area contributed by atoms with E-state index in [1.54, 1.807) is 29.4 Å². The number of rotatable bonds is 5. The monoisotopic (exact) mass is 386 g/mol. The molecule has 2 atom stereocenters. The van der Waals surface area contributed by atoms with E-state index in [0.29, 0.717) is 5.92 Å². The van der Waals surface area contributed by atoms with Crippen LogP contribution in [0.3, 0.4) is 0 Å². The maximum absolute atomic E-state index is 6.13. The summed E-state index contributed by atoms with van der Waals surface area (Å²) in [6, 6.07) is 8.70. The van der Waals surface area contributed by atoms with Gasteiger partial charge in [0.05, 0.1) is 6.10 Å². The Kier molecular flexibility index (Phi) is 5.38. The molecule has 0 amide bonds. The lowest BCUT2D eigenvalue weighted by Gasteiger charge is -2.32. The minimum atomic E-state index is 0.136. The molecule has 1 aliphatic rings. The number of fused-ring (bicyclic) bond motifs is 1. The highest BCUT2D eigenvalue weighted by Crippen LogP contribution is 2.35. The van der Waals surface area contributed by atoms with Crippen molar-refractivity contribution in [1.29, 1.82) is 0 Å². The molecule has 7 heteroatoms. The van der Waals surface area contributed by atoms with Crippen molar-refractivity contribution in [2.75, 3.05) is 24.7 Å². The van der Waals surface area contributed by atoms with Gasteiger partial charge in [0.15, 0.2) is 9.99 Å². The fourth-order valence-corrected chi connectivity index (χ4v) is 4.83. The Balaban J connectivity index is 1.52. The first kappa shape index (κ1) is 17.7. The number of hydrogen-bond donors (Lipinski definition) is 1. The van der Waals surface area contributed by atoms with Gasteiger partial charge in [-0.25, -0.2) is 15.0 Å². The van der Waals surface area contributed by atoms with E-state index in [1.165, 1.54) is 11.1 Å². The Hall–Kier alpha value is -1.70. The number of aryl methyl sites for hydroxylation is 1. The highest BCUT2D eigenvalue weighted by Gasteiger charge is 2.27. The van der Waals surface area contributed by atoms with Crippen molar-refractivity contribution in [1.82, 2.24) is 15.0 Å². The van der Waals surface area contributed by atoms with E-state index >= 15 is 0 Å². The van der Waals surface area contributed by atoms with Gasteiger partial charge < -0.3 is 10.1 Å². The second-order valence-electron chi connectivity index (χ2n) is 6.54. The topological polar surface area (TPSA) is 59.9 Å². The summed E-state index contributed by atoms with van der Waals surface area (Å²) in [5.74, 6) is 1.30. The number of nitrogens with zero attached hydrogens (tertiary/aromatic N) is 3. The quantitative estimate of drug-likeness (QED) is 0.642. The van der Waals surface area contributed by atoms with Crippen molar-refractivity contribution in [3.8, 4) is 0 Å². The van der Waals surface area contributed by atoms with Crippen LogP contribution in [-0.2, 0) is 4.74 Å². The fraction of sp³-hybridized carbons (Fsp3) is 0.421. The van der Waals surface area contributed by atoms with Gasteiger partial charge in [-0.15, -0.1) is 11.3 Å². The molecule has 1 aliphatic heterocycles. The Bertz CT molecular complexity index is 881. The maximum Gasteiger partial charge on any atom is 0.176 e. The lowest BCUT2D eigenvalue weighted by molar-refractivity contribution is -0.0238. The summed E-state index contributed by atoms with van der Waals surface area (Å²) < 4.78 is 8.17. The highest BCUT2D eigenvalue weighted by molar-refractivity contribution is 8.00. The molecule has 0 spiro atoms. The number of thioether (sulfide) groups is 1. The molecular weight excluding hydrogens is 364 g/mol. The lowest BCUT2D eigenvalue weighted by Crippen LogP contribution is -2.28. The summed E-state index contributed by atoms with van der Waals surface area (Å²) in [6.07, 6.45) is 6.01. The number of hydrogen-bond acceptors (Lipinski definition) is 7. The van der Waals surface area contributed by atoms with Crippen molar-refractivity contribution >= 4 is 39.3 Å². The Morgan fingerprint density at radius 2 is 2.12 bits per heavy atom. The van der Waals surface area contributed by atoms with Crippen LogP contribution in [0.2, 0.25) is 0 Å². The largest absolute Gasteiger partial charge is 0.373 e. The van der Waals surface area contributed by atoms with Crippen molar-refractivity contribution in [3.05, 3.63) is 41.7 Å². The molecule has 1 saturated heterocycles. The molecule has 3 aromatic rings. The van der Waals surface area contributed by atoms with Gasteiger partial charge >= 0.3 is 0 Å². The van der Waals surface area contributed by atoms with Gasteiger partial charge in [0.25, 0.3) is 0 Å². The number of benzene rings is 1. The van der Waals surface area contributed by atoms with E-state index in [4.69, 9.17) is 4.74 Å².